The minimum absolute atomic E-state index is 0.529. The zero-order valence-corrected chi connectivity index (χ0v) is 9.37. The van der Waals surface area contributed by atoms with Gasteiger partial charge in [-0.1, -0.05) is 19.9 Å². The van der Waals surface area contributed by atoms with E-state index in [2.05, 4.69) is 25.2 Å². The van der Waals surface area contributed by atoms with Crippen molar-refractivity contribution in [1.82, 2.24) is 0 Å². The van der Waals surface area contributed by atoms with Crippen LogP contribution >= 0.6 is 0 Å². The maximum absolute atomic E-state index is 8.96. The van der Waals surface area contributed by atoms with Crippen LogP contribution in [0.25, 0.3) is 0 Å². The van der Waals surface area contributed by atoms with Crippen LogP contribution in [0, 0.1) is 17.2 Å². The van der Waals surface area contributed by atoms with Crippen molar-refractivity contribution in [3.05, 3.63) is 23.8 Å². The number of ether oxygens (including phenoxy) is 1. The highest BCUT2D eigenvalue weighted by molar-refractivity contribution is 5.66. The van der Waals surface area contributed by atoms with Gasteiger partial charge in [0.25, 0.3) is 0 Å². The fourth-order valence-electron chi connectivity index (χ4n) is 1.28. The SMILES string of the molecule is COc1cccc(C#N)c1NCC(C)C. The Hall–Kier alpha value is -1.69. The highest BCUT2D eigenvalue weighted by Crippen LogP contribution is 2.27. The Bertz CT molecular complexity index is 366. The van der Waals surface area contributed by atoms with Crippen LogP contribution in [-0.2, 0) is 0 Å². The van der Waals surface area contributed by atoms with E-state index in [4.69, 9.17) is 10.00 Å². The molecule has 1 N–H and O–H groups in total. The second-order valence-electron chi connectivity index (χ2n) is 3.77. The molecule has 0 radical (unpaired) electrons. The molecule has 3 heteroatoms. The normalized spacial score (nSPS) is 9.80. The summed E-state index contributed by atoms with van der Waals surface area (Å²) in [6, 6.07) is 7.60. The summed E-state index contributed by atoms with van der Waals surface area (Å²) in [6.07, 6.45) is 0. The molecule has 1 aromatic carbocycles. The van der Waals surface area contributed by atoms with Crippen molar-refractivity contribution < 1.29 is 4.74 Å². The molecule has 0 fully saturated rings. The van der Waals surface area contributed by atoms with E-state index in [9.17, 15) is 0 Å². The molecule has 0 aromatic heterocycles. The van der Waals surface area contributed by atoms with Gasteiger partial charge in [-0.05, 0) is 18.1 Å². The molecule has 0 aliphatic rings. The van der Waals surface area contributed by atoms with E-state index < -0.39 is 0 Å². The van der Waals surface area contributed by atoms with E-state index in [1.54, 1.807) is 13.2 Å². The summed E-state index contributed by atoms with van der Waals surface area (Å²) < 4.78 is 5.21. The molecule has 0 spiro atoms. The maximum Gasteiger partial charge on any atom is 0.143 e. The van der Waals surface area contributed by atoms with Crippen LogP contribution in [0.5, 0.6) is 5.75 Å². The number of nitriles is 1. The molecule has 15 heavy (non-hydrogen) atoms. The molecule has 0 aliphatic carbocycles. The number of nitrogens with one attached hydrogen (secondary N) is 1. The number of rotatable bonds is 4. The van der Waals surface area contributed by atoms with Crippen molar-refractivity contribution in [1.29, 1.82) is 5.26 Å². The lowest BCUT2D eigenvalue weighted by molar-refractivity contribution is 0.416. The van der Waals surface area contributed by atoms with Crippen LogP contribution in [0.15, 0.2) is 18.2 Å². The van der Waals surface area contributed by atoms with E-state index in [0.717, 1.165) is 18.0 Å². The first kappa shape index (κ1) is 11.4. The average Bonchev–Trinajstić information content (AvgIpc) is 2.25. The number of nitrogens with zero attached hydrogens (tertiary/aromatic N) is 1. The van der Waals surface area contributed by atoms with Gasteiger partial charge in [-0.25, -0.2) is 0 Å². The monoisotopic (exact) mass is 204 g/mol. The number of anilines is 1. The summed E-state index contributed by atoms with van der Waals surface area (Å²) in [5.74, 6) is 1.25. The topological polar surface area (TPSA) is 45.0 Å². The molecule has 0 atom stereocenters. The third kappa shape index (κ3) is 2.88. The smallest absolute Gasteiger partial charge is 0.143 e. The van der Waals surface area contributed by atoms with Gasteiger partial charge in [-0.3, -0.25) is 0 Å². The summed E-state index contributed by atoms with van der Waals surface area (Å²) >= 11 is 0. The highest BCUT2D eigenvalue weighted by atomic mass is 16.5. The zero-order chi connectivity index (χ0) is 11.3. The molecule has 0 heterocycles. The Morgan fingerprint density at radius 1 is 1.47 bits per heavy atom. The van der Waals surface area contributed by atoms with E-state index in [1.165, 1.54) is 0 Å². The van der Waals surface area contributed by atoms with Crippen molar-refractivity contribution >= 4 is 5.69 Å². The lowest BCUT2D eigenvalue weighted by atomic mass is 10.1. The molecule has 3 nitrogen and oxygen atoms in total. The lowest BCUT2D eigenvalue weighted by Gasteiger charge is -2.13. The highest BCUT2D eigenvalue weighted by Gasteiger charge is 2.08. The Morgan fingerprint density at radius 3 is 2.73 bits per heavy atom. The van der Waals surface area contributed by atoms with Gasteiger partial charge in [0.1, 0.15) is 11.8 Å². The number of methoxy groups -OCH3 is 1. The van der Waals surface area contributed by atoms with Crippen LogP contribution in [0.2, 0.25) is 0 Å². The number of benzene rings is 1. The quantitative estimate of drug-likeness (QED) is 0.820. The molecule has 1 aromatic rings. The Morgan fingerprint density at radius 2 is 2.20 bits per heavy atom. The summed E-state index contributed by atoms with van der Waals surface area (Å²) in [5, 5.41) is 12.2. The van der Waals surface area contributed by atoms with Crippen LogP contribution in [0.4, 0.5) is 5.69 Å². The lowest BCUT2D eigenvalue weighted by Crippen LogP contribution is -2.10. The number of para-hydroxylation sites is 1. The first-order valence-corrected chi connectivity index (χ1v) is 5.00. The fraction of sp³-hybridized carbons (Fsp3) is 0.417. The van der Waals surface area contributed by atoms with Crippen LogP contribution in [-0.4, -0.2) is 13.7 Å². The van der Waals surface area contributed by atoms with Gasteiger partial charge in [-0.15, -0.1) is 0 Å². The van der Waals surface area contributed by atoms with Crippen molar-refractivity contribution in [3.8, 4) is 11.8 Å². The molecule has 0 saturated heterocycles. The second kappa shape index (κ2) is 5.26. The van der Waals surface area contributed by atoms with Crippen LogP contribution in [0.1, 0.15) is 19.4 Å². The van der Waals surface area contributed by atoms with Gasteiger partial charge in [0.05, 0.1) is 18.4 Å². The molecule has 0 unspecified atom stereocenters. The number of hydrogen-bond acceptors (Lipinski definition) is 3. The van der Waals surface area contributed by atoms with Crippen molar-refractivity contribution in [2.24, 2.45) is 5.92 Å². The summed E-state index contributed by atoms with van der Waals surface area (Å²) in [5.41, 5.74) is 1.41. The van der Waals surface area contributed by atoms with Crippen molar-refractivity contribution in [2.45, 2.75) is 13.8 Å². The van der Waals surface area contributed by atoms with Crippen LogP contribution in [0.3, 0.4) is 0 Å². The largest absolute Gasteiger partial charge is 0.495 e. The standard InChI is InChI=1S/C12H16N2O/c1-9(2)8-14-12-10(7-13)5-4-6-11(12)15-3/h4-6,9,14H,8H2,1-3H3. The zero-order valence-electron chi connectivity index (χ0n) is 9.37. The molecular formula is C12H16N2O. The molecule has 1 rings (SSSR count). The molecule has 80 valence electrons. The van der Waals surface area contributed by atoms with Crippen LogP contribution < -0.4 is 10.1 Å². The maximum atomic E-state index is 8.96. The predicted octanol–water partition coefficient (Wildman–Crippen LogP) is 2.63. The van der Waals surface area contributed by atoms with Gasteiger partial charge in [0, 0.05) is 6.54 Å². The minimum Gasteiger partial charge on any atom is -0.495 e. The predicted molar refractivity (Wildman–Crippen MR) is 61.0 cm³/mol. The Labute approximate surface area is 90.7 Å². The first-order chi connectivity index (χ1) is 7.19. The van der Waals surface area contributed by atoms with E-state index >= 15 is 0 Å². The molecule has 0 bridgehead atoms. The van der Waals surface area contributed by atoms with Gasteiger partial charge < -0.3 is 10.1 Å². The number of hydrogen-bond donors (Lipinski definition) is 1. The average molecular weight is 204 g/mol. The van der Waals surface area contributed by atoms with Gasteiger partial charge in [0.15, 0.2) is 0 Å². The first-order valence-electron chi connectivity index (χ1n) is 5.00. The van der Waals surface area contributed by atoms with Crippen molar-refractivity contribution in [3.63, 3.8) is 0 Å². The van der Waals surface area contributed by atoms with Crippen molar-refractivity contribution in [2.75, 3.05) is 19.0 Å². The van der Waals surface area contributed by atoms with E-state index in [-0.39, 0.29) is 0 Å². The van der Waals surface area contributed by atoms with Gasteiger partial charge >= 0.3 is 0 Å². The van der Waals surface area contributed by atoms with E-state index in [1.807, 2.05) is 12.1 Å². The summed E-state index contributed by atoms with van der Waals surface area (Å²) in [4.78, 5) is 0. The van der Waals surface area contributed by atoms with Gasteiger partial charge in [-0.2, -0.15) is 5.26 Å². The molecular weight excluding hydrogens is 188 g/mol. The summed E-state index contributed by atoms with van der Waals surface area (Å²) in [7, 11) is 1.61. The van der Waals surface area contributed by atoms with Gasteiger partial charge in [0.2, 0.25) is 0 Å². The molecule has 0 aliphatic heterocycles. The third-order valence-electron chi connectivity index (χ3n) is 2.05. The molecule has 0 amide bonds. The second-order valence-corrected chi connectivity index (χ2v) is 3.77. The third-order valence-corrected chi connectivity index (χ3v) is 2.05. The molecule has 0 saturated carbocycles. The minimum atomic E-state index is 0.529. The fourth-order valence-corrected chi connectivity index (χ4v) is 1.28. The Balaban J connectivity index is 2.96. The Kier molecular flexibility index (Phi) is 3.99. The summed E-state index contributed by atoms with van der Waals surface area (Å²) in [6.45, 7) is 5.07. The van der Waals surface area contributed by atoms with E-state index in [0.29, 0.717) is 11.5 Å².